The number of methoxy groups -OCH3 is 1. The Kier molecular flexibility index (Phi) is 9.69. The van der Waals surface area contributed by atoms with Crippen LogP contribution in [-0.4, -0.2) is 35.0 Å². The standard InChI is InChI=1S/C33H34N2O5S/c1-22-29(21-41-30-8-4-3-7-28(30)38-2)39-33(40-31(22)25-13-11-24(20-36)12-14-25)26-15-9-23(10-16-26)18-35-32(37)27-6-5-17-34-19-27/h3-17,19,22,29,31,33,36H,18,20-21H2,1-2H3,(H,35,37)/t22-,29+,31+,33+/m0/s1. The third kappa shape index (κ3) is 7.15. The Labute approximate surface area is 244 Å². The monoisotopic (exact) mass is 570 g/mol. The maximum absolute atomic E-state index is 12.4. The molecule has 0 spiro atoms. The number of carbonyl (C=O) groups is 1. The second-order valence-electron chi connectivity index (χ2n) is 9.95. The maximum Gasteiger partial charge on any atom is 0.253 e. The van der Waals surface area contributed by atoms with E-state index in [1.807, 2.05) is 66.7 Å². The quantitative estimate of drug-likeness (QED) is 0.223. The van der Waals surface area contributed by atoms with Crippen molar-refractivity contribution in [2.75, 3.05) is 12.9 Å². The van der Waals surface area contributed by atoms with Gasteiger partial charge in [0.25, 0.3) is 5.91 Å². The van der Waals surface area contributed by atoms with E-state index in [4.69, 9.17) is 14.2 Å². The number of para-hydroxylation sites is 1. The van der Waals surface area contributed by atoms with Crippen LogP contribution in [0.4, 0.5) is 0 Å². The summed E-state index contributed by atoms with van der Waals surface area (Å²) in [5.74, 6) is 1.48. The van der Waals surface area contributed by atoms with Crippen LogP contribution in [0, 0.1) is 5.92 Å². The highest BCUT2D eigenvalue weighted by atomic mass is 32.2. The second-order valence-corrected chi connectivity index (χ2v) is 11.0. The molecule has 3 aromatic carbocycles. The molecule has 2 N–H and O–H groups in total. The van der Waals surface area contributed by atoms with Gasteiger partial charge in [0.2, 0.25) is 0 Å². The molecule has 1 saturated heterocycles. The minimum absolute atomic E-state index is 0.000305. The SMILES string of the molecule is COc1ccccc1SC[C@H]1O[C@@H](c2ccc(CNC(=O)c3cccnc3)cc2)O[C@@H](c2ccc(CO)cc2)[C@H]1C. The molecular formula is C33H34N2O5S. The normalized spacial score (nSPS) is 20.4. The molecule has 1 aromatic heterocycles. The number of nitrogens with one attached hydrogen (secondary N) is 1. The van der Waals surface area contributed by atoms with Crippen LogP contribution in [0.25, 0.3) is 0 Å². The van der Waals surface area contributed by atoms with Crippen LogP contribution in [0.1, 0.15) is 51.9 Å². The Hall–Kier alpha value is -3.69. The van der Waals surface area contributed by atoms with Crippen molar-refractivity contribution in [3.63, 3.8) is 0 Å². The Morgan fingerprint density at radius 1 is 0.951 bits per heavy atom. The van der Waals surface area contributed by atoms with Crippen molar-refractivity contribution in [1.29, 1.82) is 0 Å². The molecule has 0 bridgehead atoms. The number of benzene rings is 3. The van der Waals surface area contributed by atoms with Crippen molar-refractivity contribution in [3.8, 4) is 5.75 Å². The second kappa shape index (κ2) is 13.8. The largest absolute Gasteiger partial charge is 0.496 e. The van der Waals surface area contributed by atoms with Gasteiger partial charge in [-0.2, -0.15) is 0 Å². The molecular weight excluding hydrogens is 536 g/mol. The van der Waals surface area contributed by atoms with Gasteiger partial charge in [-0.3, -0.25) is 9.78 Å². The fourth-order valence-corrected chi connectivity index (χ4v) is 5.99. The highest BCUT2D eigenvalue weighted by Gasteiger charge is 2.38. The fraction of sp³-hybridized carbons (Fsp3) is 0.273. The lowest BCUT2D eigenvalue weighted by Crippen LogP contribution is -2.38. The summed E-state index contributed by atoms with van der Waals surface area (Å²) in [7, 11) is 1.68. The van der Waals surface area contributed by atoms with Gasteiger partial charge in [0, 0.05) is 41.1 Å². The molecule has 0 saturated carbocycles. The maximum atomic E-state index is 12.4. The van der Waals surface area contributed by atoms with Crippen molar-refractivity contribution in [3.05, 3.63) is 125 Å². The molecule has 212 valence electrons. The Morgan fingerprint density at radius 2 is 1.68 bits per heavy atom. The molecule has 0 aliphatic carbocycles. The fourth-order valence-electron chi connectivity index (χ4n) is 4.79. The number of carbonyl (C=O) groups excluding carboxylic acids is 1. The van der Waals surface area contributed by atoms with E-state index in [0.29, 0.717) is 12.1 Å². The molecule has 4 aromatic rings. The molecule has 8 heteroatoms. The van der Waals surface area contributed by atoms with Crippen molar-refractivity contribution < 1.29 is 24.1 Å². The highest BCUT2D eigenvalue weighted by molar-refractivity contribution is 7.99. The first kappa shape index (κ1) is 28.8. The zero-order chi connectivity index (χ0) is 28.6. The summed E-state index contributed by atoms with van der Waals surface area (Å²) in [5.41, 5.74) is 4.31. The van der Waals surface area contributed by atoms with E-state index < -0.39 is 6.29 Å². The average Bonchev–Trinajstić information content (AvgIpc) is 3.04. The molecule has 0 radical (unpaired) electrons. The van der Waals surface area contributed by atoms with Gasteiger partial charge in [-0.1, -0.05) is 67.6 Å². The molecule has 1 fully saturated rings. The number of aromatic nitrogens is 1. The molecule has 5 rings (SSSR count). The molecule has 2 heterocycles. The van der Waals surface area contributed by atoms with Crippen LogP contribution in [0.15, 0.2) is 102 Å². The highest BCUT2D eigenvalue weighted by Crippen LogP contribution is 2.43. The van der Waals surface area contributed by atoms with E-state index in [9.17, 15) is 9.90 Å². The topological polar surface area (TPSA) is 89.9 Å². The average molecular weight is 571 g/mol. The molecule has 1 aliphatic heterocycles. The lowest BCUT2D eigenvalue weighted by atomic mass is 9.91. The summed E-state index contributed by atoms with van der Waals surface area (Å²) in [6.07, 6.45) is 2.35. The summed E-state index contributed by atoms with van der Waals surface area (Å²) in [6.45, 7) is 2.55. The van der Waals surface area contributed by atoms with Gasteiger partial charge in [-0.25, -0.2) is 0 Å². The number of nitrogens with zero attached hydrogens (tertiary/aromatic N) is 1. The van der Waals surface area contributed by atoms with Crippen molar-refractivity contribution in [2.24, 2.45) is 5.92 Å². The number of ether oxygens (including phenoxy) is 3. The van der Waals surface area contributed by atoms with Gasteiger partial charge in [0.1, 0.15) is 5.75 Å². The van der Waals surface area contributed by atoms with Crippen molar-refractivity contribution in [2.45, 2.75) is 43.5 Å². The number of rotatable bonds is 10. The van der Waals surface area contributed by atoms with Gasteiger partial charge in [-0.05, 0) is 41.0 Å². The summed E-state index contributed by atoms with van der Waals surface area (Å²) in [5, 5.41) is 12.4. The predicted octanol–water partition coefficient (Wildman–Crippen LogP) is 6.10. The van der Waals surface area contributed by atoms with Gasteiger partial charge >= 0.3 is 0 Å². The third-order valence-corrected chi connectivity index (χ3v) is 8.37. The molecule has 1 aliphatic rings. The first-order valence-corrected chi connectivity index (χ1v) is 14.6. The first-order chi connectivity index (χ1) is 20.1. The third-order valence-electron chi connectivity index (χ3n) is 7.22. The minimum atomic E-state index is -0.559. The Morgan fingerprint density at radius 3 is 2.39 bits per heavy atom. The van der Waals surface area contributed by atoms with Crippen LogP contribution in [0.2, 0.25) is 0 Å². The van der Waals surface area contributed by atoms with Gasteiger partial charge in [0.15, 0.2) is 6.29 Å². The first-order valence-electron chi connectivity index (χ1n) is 13.6. The van der Waals surface area contributed by atoms with Gasteiger partial charge < -0.3 is 24.6 Å². The molecule has 41 heavy (non-hydrogen) atoms. The van der Waals surface area contributed by atoms with E-state index >= 15 is 0 Å². The van der Waals surface area contributed by atoms with Crippen molar-refractivity contribution >= 4 is 17.7 Å². The Balaban J connectivity index is 1.32. The number of pyridine rings is 1. The zero-order valence-corrected chi connectivity index (χ0v) is 23.9. The summed E-state index contributed by atoms with van der Waals surface area (Å²) >= 11 is 1.71. The minimum Gasteiger partial charge on any atom is -0.496 e. The summed E-state index contributed by atoms with van der Waals surface area (Å²) in [4.78, 5) is 17.5. The van der Waals surface area contributed by atoms with Crippen LogP contribution < -0.4 is 10.1 Å². The van der Waals surface area contributed by atoms with Gasteiger partial charge in [0.05, 0.1) is 31.5 Å². The van der Waals surface area contributed by atoms with Crippen LogP contribution in [0.3, 0.4) is 0 Å². The van der Waals surface area contributed by atoms with E-state index in [2.05, 4.69) is 23.3 Å². The lowest BCUT2D eigenvalue weighted by Gasteiger charge is -2.41. The number of aliphatic hydroxyl groups excluding tert-OH is 1. The predicted molar refractivity (Wildman–Crippen MR) is 159 cm³/mol. The van der Waals surface area contributed by atoms with Crippen LogP contribution in [0.5, 0.6) is 5.75 Å². The van der Waals surface area contributed by atoms with Crippen molar-refractivity contribution in [1.82, 2.24) is 10.3 Å². The number of hydrogen-bond donors (Lipinski definition) is 2. The van der Waals surface area contributed by atoms with E-state index in [1.54, 1.807) is 43.4 Å². The summed E-state index contributed by atoms with van der Waals surface area (Å²) < 4.78 is 18.7. The van der Waals surface area contributed by atoms with E-state index in [-0.39, 0.29) is 30.6 Å². The lowest BCUT2D eigenvalue weighted by molar-refractivity contribution is -0.268. The molecule has 4 atom stereocenters. The molecule has 1 amide bonds. The Bertz CT molecular complexity index is 1420. The van der Waals surface area contributed by atoms with Gasteiger partial charge in [-0.15, -0.1) is 11.8 Å². The number of aliphatic hydroxyl groups is 1. The number of thioether (sulfide) groups is 1. The zero-order valence-electron chi connectivity index (χ0n) is 23.1. The smallest absolute Gasteiger partial charge is 0.253 e. The van der Waals surface area contributed by atoms with E-state index in [0.717, 1.165) is 38.7 Å². The van der Waals surface area contributed by atoms with Crippen LogP contribution in [-0.2, 0) is 22.6 Å². The number of amides is 1. The van der Waals surface area contributed by atoms with Crippen LogP contribution >= 0.6 is 11.8 Å². The molecule has 0 unspecified atom stereocenters. The molecule has 7 nitrogen and oxygen atoms in total. The number of hydrogen-bond acceptors (Lipinski definition) is 7. The summed E-state index contributed by atoms with van der Waals surface area (Å²) in [6, 6.07) is 27.3. The van der Waals surface area contributed by atoms with E-state index in [1.165, 1.54) is 0 Å².